The van der Waals surface area contributed by atoms with Crippen LogP contribution in [0.5, 0.6) is 0 Å². The van der Waals surface area contributed by atoms with Crippen molar-refractivity contribution in [3.05, 3.63) is 35.5 Å². The third-order valence-electron chi connectivity index (χ3n) is 5.11. The largest absolute Gasteiger partial charge is 0.512 e. The molecule has 0 aliphatic heterocycles. The summed E-state index contributed by atoms with van der Waals surface area (Å²) < 4.78 is 180. The number of aliphatic hydroxyl groups excluding tert-OH is 3. The molecule has 0 aromatic rings. The van der Waals surface area contributed by atoms with Gasteiger partial charge in [-0.05, 0) is 0 Å². The molecule has 0 fully saturated rings. The molecule has 0 aromatic carbocycles. The summed E-state index contributed by atoms with van der Waals surface area (Å²) in [4.78, 5) is 32.0. The van der Waals surface area contributed by atoms with Gasteiger partial charge in [0.25, 0.3) is 0 Å². The standard InChI is InChI=1S/3C9H11F5O2.Pr/c3*1-7(2,3)5(15)4-6(16)8(10,11)9(12,13)14;/h3*4,15H,1-3H3;/b3*5-4-;. The van der Waals surface area contributed by atoms with Crippen LogP contribution in [0, 0.1) is 57.5 Å². The number of rotatable bonds is 6. The van der Waals surface area contributed by atoms with Crippen molar-refractivity contribution >= 4 is 17.3 Å². The van der Waals surface area contributed by atoms with Crippen LogP contribution in [0.4, 0.5) is 65.9 Å². The smallest absolute Gasteiger partial charge is 0.461 e. The van der Waals surface area contributed by atoms with Gasteiger partial charge in [0.2, 0.25) is 17.3 Å². The van der Waals surface area contributed by atoms with E-state index in [0.29, 0.717) is 0 Å². The van der Waals surface area contributed by atoms with E-state index in [2.05, 4.69) is 0 Å². The molecule has 285 valence electrons. The molecular weight excluding hydrogens is 846 g/mol. The van der Waals surface area contributed by atoms with Crippen molar-refractivity contribution in [3.8, 4) is 0 Å². The molecule has 22 heteroatoms. The van der Waals surface area contributed by atoms with E-state index >= 15 is 0 Å². The summed E-state index contributed by atoms with van der Waals surface area (Å²) >= 11 is 0. The van der Waals surface area contributed by atoms with Crippen LogP contribution in [0.2, 0.25) is 0 Å². The summed E-state index contributed by atoms with van der Waals surface area (Å²) in [5.41, 5.74) is -3.22. The van der Waals surface area contributed by atoms with Gasteiger partial charge >= 0.3 is 36.3 Å². The summed E-state index contributed by atoms with van der Waals surface area (Å²) in [5.74, 6) is -26.4. The number of carbonyl (C=O) groups is 3. The Morgan fingerprint density at radius 2 is 0.490 bits per heavy atom. The average molecular weight is 879 g/mol. The van der Waals surface area contributed by atoms with Gasteiger partial charge in [-0.2, -0.15) is 65.9 Å². The van der Waals surface area contributed by atoms with E-state index < -0.39 is 87.2 Å². The monoisotopic (exact) mass is 879 g/mol. The zero-order valence-electron chi connectivity index (χ0n) is 27.0. The molecule has 1 radical (unpaired) electrons. The zero-order chi connectivity index (χ0) is 40.1. The summed E-state index contributed by atoms with van der Waals surface area (Å²) in [6, 6.07) is 0. The fraction of sp³-hybridized carbons (Fsp3) is 0.667. The zero-order valence-corrected chi connectivity index (χ0v) is 30.7. The summed E-state index contributed by atoms with van der Waals surface area (Å²) in [5, 5.41) is 27.4. The Morgan fingerprint density at radius 3 is 0.571 bits per heavy atom. The topological polar surface area (TPSA) is 112 Å². The van der Waals surface area contributed by atoms with Crippen LogP contribution in [0.25, 0.3) is 0 Å². The van der Waals surface area contributed by atoms with E-state index in [9.17, 15) is 80.2 Å². The van der Waals surface area contributed by atoms with Gasteiger partial charge in [0.05, 0.1) is 0 Å². The molecule has 6 nitrogen and oxygen atoms in total. The van der Waals surface area contributed by atoms with Gasteiger partial charge in [0.1, 0.15) is 17.3 Å². The first-order chi connectivity index (χ1) is 20.4. The molecule has 0 bridgehead atoms. The Bertz CT molecular complexity index is 1090. The molecule has 0 aromatic heterocycles. The Hall–Kier alpha value is -2.06. The number of carbonyl (C=O) groups excluding carboxylic acids is 3. The Morgan fingerprint density at radius 1 is 0.367 bits per heavy atom. The maximum absolute atomic E-state index is 12.4. The van der Waals surface area contributed by atoms with Crippen LogP contribution in [-0.4, -0.2) is 69.0 Å². The molecule has 0 spiro atoms. The Balaban J connectivity index is -0.000000307. The predicted octanol–water partition coefficient (Wildman–Crippen LogP) is 9.72. The average Bonchev–Trinajstić information content (AvgIpc) is 2.80. The first kappa shape index (κ1) is 53.7. The number of hydrogen-bond acceptors (Lipinski definition) is 6. The minimum atomic E-state index is -5.96. The second kappa shape index (κ2) is 17.4. The molecular formula is C27H33F15O6Pr. The number of halogens is 15. The second-order valence-electron chi connectivity index (χ2n) is 12.6. The van der Waals surface area contributed by atoms with Crippen molar-refractivity contribution in [2.75, 3.05) is 0 Å². The predicted molar refractivity (Wildman–Crippen MR) is 139 cm³/mol. The van der Waals surface area contributed by atoms with Gasteiger partial charge in [0, 0.05) is 75.8 Å². The SMILES string of the molecule is CC(C)(C)/C(O)=C/C(=O)C(F)(F)C(F)(F)F.CC(C)(C)/C(O)=C/C(=O)C(F)(F)C(F)(F)F.CC(C)(C)/C(O)=C/C(=O)C(F)(F)C(F)(F)F.[Pr]. The summed E-state index contributed by atoms with van der Waals surface area (Å²) in [7, 11) is 0. The molecule has 0 unspecified atom stereocenters. The molecule has 3 N–H and O–H groups in total. The molecule has 0 amide bonds. The van der Waals surface area contributed by atoms with Gasteiger partial charge in [0.15, 0.2) is 0 Å². The number of ketones is 3. The van der Waals surface area contributed by atoms with Crippen LogP contribution in [0.15, 0.2) is 35.5 Å². The van der Waals surface area contributed by atoms with Gasteiger partial charge in [-0.25, -0.2) is 0 Å². The summed E-state index contributed by atoms with van der Waals surface area (Å²) in [6.45, 7) is 12.2. The molecule has 0 heterocycles. The molecule has 0 aliphatic carbocycles. The van der Waals surface area contributed by atoms with Crippen LogP contribution < -0.4 is 0 Å². The molecule has 0 rings (SSSR count). The van der Waals surface area contributed by atoms with Gasteiger partial charge in [-0.15, -0.1) is 0 Å². The first-order valence-corrected chi connectivity index (χ1v) is 12.6. The molecule has 0 atom stereocenters. The third-order valence-corrected chi connectivity index (χ3v) is 5.11. The van der Waals surface area contributed by atoms with Crippen LogP contribution in [-0.2, 0) is 14.4 Å². The third kappa shape index (κ3) is 16.7. The molecule has 0 aliphatic rings. The fourth-order valence-corrected chi connectivity index (χ4v) is 1.71. The van der Waals surface area contributed by atoms with E-state index in [1.54, 1.807) is 0 Å². The number of alkyl halides is 15. The van der Waals surface area contributed by atoms with E-state index in [0.717, 1.165) is 0 Å². The fourth-order valence-electron chi connectivity index (χ4n) is 1.71. The quantitative estimate of drug-likeness (QED) is 0.139. The molecule has 0 saturated carbocycles. The minimum Gasteiger partial charge on any atom is -0.512 e. The summed E-state index contributed by atoms with van der Waals surface area (Å²) in [6.07, 6.45) is -18.1. The molecule has 49 heavy (non-hydrogen) atoms. The van der Waals surface area contributed by atoms with Crippen molar-refractivity contribution in [1.82, 2.24) is 0 Å². The minimum absolute atomic E-state index is 0. The van der Waals surface area contributed by atoms with Crippen molar-refractivity contribution in [1.29, 1.82) is 0 Å². The maximum Gasteiger partial charge on any atom is 0.461 e. The Kier molecular flexibility index (Phi) is 19.1. The van der Waals surface area contributed by atoms with Crippen molar-refractivity contribution in [2.24, 2.45) is 16.2 Å². The van der Waals surface area contributed by atoms with Crippen molar-refractivity contribution in [3.63, 3.8) is 0 Å². The number of aliphatic hydroxyl groups is 3. The maximum atomic E-state index is 12.4. The van der Waals surface area contributed by atoms with Gasteiger partial charge in [-0.1, -0.05) is 62.3 Å². The normalized spacial score (nSPS) is 14.8. The van der Waals surface area contributed by atoms with Crippen molar-refractivity contribution < 1.29 is 137 Å². The van der Waals surface area contributed by atoms with E-state index in [-0.39, 0.29) is 59.5 Å². The van der Waals surface area contributed by atoms with Crippen LogP contribution in [0.3, 0.4) is 0 Å². The van der Waals surface area contributed by atoms with E-state index in [1.807, 2.05) is 0 Å². The first-order valence-electron chi connectivity index (χ1n) is 12.6. The van der Waals surface area contributed by atoms with Crippen LogP contribution >= 0.6 is 0 Å². The Labute approximate surface area is 303 Å². The number of allylic oxidation sites excluding steroid dienone is 6. The van der Waals surface area contributed by atoms with Gasteiger partial charge < -0.3 is 15.3 Å². The number of hydrogen-bond donors (Lipinski definition) is 3. The van der Waals surface area contributed by atoms with Crippen molar-refractivity contribution in [2.45, 2.75) is 98.6 Å². The second-order valence-corrected chi connectivity index (χ2v) is 12.6. The van der Waals surface area contributed by atoms with E-state index in [1.165, 1.54) is 62.3 Å². The van der Waals surface area contributed by atoms with E-state index in [4.69, 9.17) is 15.3 Å². The molecule has 0 saturated heterocycles. The van der Waals surface area contributed by atoms with Crippen LogP contribution in [0.1, 0.15) is 62.3 Å². The van der Waals surface area contributed by atoms with Gasteiger partial charge in [-0.3, -0.25) is 14.4 Å².